The maximum atomic E-state index is 12.1. The smallest absolute Gasteiger partial charge is 0.337 e. The van der Waals surface area contributed by atoms with Gasteiger partial charge in [0, 0.05) is 19.3 Å². The summed E-state index contributed by atoms with van der Waals surface area (Å²) in [7, 11) is 1.71. The Kier molecular flexibility index (Phi) is 4.70. The highest BCUT2D eigenvalue weighted by atomic mass is 16.4. The summed E-state index contributed by atoms with van der Waals surface area (Å²) in [6, 6.07) is 1.11. The first-order valence-corrected chi connectivity index (χ1v) is 6.35. The van der Waals surface area contributed by atoms with Crippen molar-refractivity contribution in [3.05, 3.63) is 24.0 Å². The first-order valence-electron chi connectivity index (χ1n) is 6.35. The SMILES string of the molecule is CC(N(C)C(=O)Nc1cncc(C(=O)O)c1)C(C)(C)C. The number of carbonyl (C=O) groups is 2. The van der Waals surface area contributed by atoms with Gasteiger partial charge in [0.15, 0.2) is 0 Å². The van der Waals surface area contributed by atoms with Crippen LogP contribution in [-0.4, -0.2) is 40.1 Å². The number of aromatic carboxylic acids is 1. The summed E-state index contributed by atoms with van der Waals surface area (Å²) in [6.45, 7) is 8.11. The molecule has 0 aromatic carbocycles. The van der Waals surface area contributed by atoms with Crippen molar-refractivity contribution in [1.29, 1.82) is 0 Å². The highest BCUT2D eigenvalue weighted by Crippen LogP contribution is 2.23. The number of nitrogens with one attached hydrogen (secondary N) is 1. The fourth-order valence-corrected chi connectivity index (χ4v) is 1.59. The molecule has 2 N–H and O–H groups in total. The molecule has 0 saturated heterocycles. The van der Waals surface area contributed by atoms with Crippen molar-refractivity contribution in [2.45, 2.75) is 33.7 Å². The number of aromatic nitrogens is 1. The topological polar surface area (TPSA) is 82.5 Å². The Morgan fingerprint density at radius 2 is 1.95 bits per heavy atom. The Labute approximate surface area is 118 Å². The molecule has 1 heterocycles. The molecule has 0 radical (unpaired) electrons. The number of rotatable bonds is 3. The van der Waals surface area contributed by atoms with Crippen molar-refractivity contribution in [2.24, 2.45) is 5.41 Å². The second kappa shape index (κ2) is 5.90. The Morgan fingerprint density at radius 1 is 1.35 bits per heavy atom. The number of pyridine rings is 1. The quantitative estimate of drug-likeness (QED) is 0.891. The second-order valence-corrected chi connectivity index (χ2v) is 5.85. The number of hydrogen-bond donors (Lipinski definition) is 2. The molecule has 0 aliphatic heterocycles. The first-order chi connectivity index (χ1) is 9.12. The summed E-state index contributed by atoms with van der Waals surface area (Å²) in [5.74, 6) is -1.08. The molecule has 1 aromatic rings. The Bertz CT molecular complexity index is 509. The fraction of sp³-hybridized carbons (Fsp3) is 0.500. The van der Waals surface area contributed by atoms with E-state index in [2.05, 4.69) is 10.3 Å². The highest BCUT2D eigenvalue weighted by molar-refractivity contribution is 5.92. The van der Waals surface area contributed by atoms with Crippen LogP contribution in [0.4, 0.5) is 10.5 Å². The average Bonchev–Trinajstić information content (AvgIpc) is 2.36. The summed E-state index contributed by atoms with van der Waals surface area (Å²) in [6.07, 6.45) is 2.65. The molecule has 0 saturated carbocycles. The molecule has 0 aliphatic rings. The van der Waals surface area contributed by atoms with Crippen molar-refractivity contribution in [1.82, 2.24) is 9.88 Å². The Balaban J connectivity index is 2.81. The van der Waals surface area contributed by atoms with E-state index in [0.29, 0.717) is 5.69 Å². The van der Waals surface area contributed by atoms with Gasteiger partial charge in [-0.1, -0.05) is 20.8 Å². The van der Waals surface area contributed by atoms with Crippen LogP contribution in [0, 0.1) is 5.41 Å². The van der Waals surface area contributed by atoms with Gasteiger partial charge in [0.1, 0.15) is 0 Å². The van der Waals surface area contributed by atoms with Gasteiger partial charge in [0.25, 0.3) is 0 Å². The van der Waals surface area contributed by atoms with Crippen LogP contribution in [0.5, 0.6) is 0 Å². The third kappa shape index (κ3) is 3.94. The standard InChI is InChI=1S/C14H21N3O3/c1-9(14(2,3)4)17(5)13(20)16-11-6-10(12(18)19)7-15-8-11/h6-9H,1-5H3,(H,16,20)(H,18,19). The van der Waals surface area contributed by atoms with Gasteiger partial charge >= 0.3 is 12.0 Å². The number of nitrogens with zero attached hydrogens (tertiary/aromatic N) is 2. The lowest BCUT2D eigenvalue weighted by molar-refractivity contribution is 0.0696. The molecule has 6 heteroatoms. The number of amides is 2. The van der Waals surface area contributed by atoms with Crippen molar-refractivity contribution in [2.75, 3.05) is 12.4 Å². The van der Waals surface area contributed by atoms with Crippen LogP contribution in [0.15, 0.2) is 18.5 Å². The minimum atomic E-state index is -1.08. The third-order valence-electron chi connectivity index (χ3n) is 3.39. The number of carboxylic acid groups (broad SMARTS) is 1. The van der Waals surface area contributed by atoms with E-state index >= 15 is 0 Å². The molecule has 1 unspecified atom stereocenters. The van der Waals surface area contributed by atoms with Crippen molar-refractivity contribution in [3.8, 4) is 0 Å². The molecule has 0 spiro atoms. The molecule has 1 aromatic heterocycles. The van der Waals surface area contributed by atoms with E-state index in [-0.39, 0.29) is 23.1 Å². The number of carboxylic acids is 1. The molecule has 0 bridgehead atoms. The van der Waals surface area contributed by atoms with Crippen molar-refractivity contribution < 1.29 is 14.7 Å². The predicted octanol–water partition coefficient (Wildman–Crippen LogP) is 2.68. The number of anilines is 1. The van der Waals surface area contributed by atoms with Gasteiger partial charge in [-0.15, -0.1) is 0 Å². The van der Waals surface area contributed by atoms with Gasteiger partial charge in [0.2, 0.25) is 0 Å². The number of hydrogen-bond acceptors (Lipinski definition) is 3. The van der Waals surface area contributed by atoms with Gasteiger partial charge < -0.3 is 15.3 Å². The Morgan fingerprint density at radius 3 is 2.45 bits per heavy atom. The third-order valence-corrected chi connectivity index (χ3v) is 3.39. The largest absolute Gasteiger partial charge is 0.478 e. The van der Waals surface area contributed by atoms with E-state index in [1.165, 1.54) is 18.5 Å². The monoisotopic (exact) mass is 279 g/mol. The van der Waals surface area contributed by atoms with Crippen LogP contribution in [0.25, 0.3) is 0 Å². The van der Waals surface area contributed by atoms with Crippen LogP contribution in [0.2, 0.25) is 0 Å². The Hall–Kier alpha value is -2.11. The molecule has 2 amide bonds. The normalized spacial score (nSPS) is 12.7. The molecule has 20 heavy (non-hydrogen) atoms. The summed E-state index contributed by atoms with van der Waals surface area (Å²) in [5.41, 5.74) is 0.352. The molecule has 6 nitrogen and oxygen atoms in total. The zero-order chi connectivity index (χ0) is 15.5. The summed E-state index contributed by atoms with van der Waals surface area (Å²) in [4.78, 5) is 28.4. The van der Waals surface area contributed by atoms with Gasteiger partial charge in [-0.3, -0.25) is 4.98 Å². The zero-order valence-electron chi connectivity index (χ0n) is 12.5. The molecular weight excluding hydrogens is 258 g/mol. The van der Waals surface area contributed by atoms with E-state index in [1.54, 1.807) is 11.9 Å². The van der Waals surface area contributed by atoms with Crippen molar-refractivity contribution in [3.63, 3.8) is 0 Å². The predicted molar refractivity (Wildman–Crippen MR) is 76.9 cm³/mol. The van der Waals surface area contributed by atoms with E-state index in [1.807, 2.05) is 27.7 Å². The molecule has 110 valence electrons. The van der Waals surface area contributed by atoms with Crippen LogP contribution in [0.3, 0.4) is 0 Å². The molecule has 1 rings (SSSR count). The lowest BCUT2D eigenvalue weighted by Gasteiger charge is -2.35. The van der Waals surface area contributed by atoms with E-state index in [0.717, 1.165) is 0 Å². The van der Waals surface area contributed by atoms with Crippen LogP contribution in [0.1, 0.15) is 38.1 Å². The fourth-order valence-electron chi connectivity index (χ4n) is 1.59. The maximum absolute atomic E-state index is 12.1. The number of urea groups is 1. The van der Waals surface area contributed by atoms with E-state index < -0.39 is 5.97 Å². The van der Waals surface area contributed by atoms with Crippen LogP contribution in [-0.2, 0) is 0 Å². The lowest BCUT2D eigenvalue weighted by atomic mass is 9.87. The minimum absolute atomic E-state index is 0.0260. The lowest BCUT2D eigenvalue weighted by Crippen LogP contribution is -2.44. The minimum Gasteiger partial charge on any atom is -0.478 e. The highest BCUT2D eigenvalue weighted by Gasteiger charge is 2.27. The average molecular weight is 279 g/mol. The summed E-state index contributed by atoms with van der Waals surface area (Å²) in [5, 5.41) is 11.5. The van der Waals surface area contributed by atoms with Gasteiger partial charge in [-0.2, -0.15) is 0 Å². The van der Waals surface area contributed by atoms with Gasteiger partial charge in [-0.25, -0.2) is 9.59 Å². The van der Waals surface area contributed by atoms with Crippen LogP contribution >= 0.6 is 0 Å². The molecule has 1 atom stereocenters. The maximum Gasteiger partial charge on any atom is 0.337 e. The number of carbonyl (C=O) groups excluding carboxylic acids is 1. The molecule has 0 aliphatic carbocycles. The van der Waals surface area contributed by atoms with Crippen LogP contribution < -0.4 is 5.32 Å². The summed E-state index contributed by atoms with van der Waals surface area (Å²) < 4.78 is 0. The summed E-state index contributed by atoms with van der Waals surface area (Å²) >= 11 is 0. The second-order valence-electron chi connectivity index (χ2n) is 5.85. The molecular formula is C14H21N3O3. The van der Waals surface area contributed by atoms with E-state index in [9.17, 15) is 9.59 Å². The zero-order valence-corrected chi connectivity index (χ0v) is 12.5. The first kappa shape index (κ1) is 15.9. The van der Waals surface area contributed by atoms with E-state index in [4.69, 9.17) is 5.11 Å². The van der Waals surface area contributed by atoms with Gasteiger partial charge in [-0.05, 0) is 18.4 Å². The molecule has 0 fully saturated rings. The van der Waals surface area contributed by atoms with Gasteiger partial charge in [0.05, 0.1) is 17.4 Å². The van der Waals surface area contributed by atoms with Crippen molar-refractivity contribution >= 4 is 17.7 Å².